The molecule has 0 amide bonds. The molecule has 0 aliphatic rings. The Morgan fingerprint density at radius 3 is 2.92 bits per heavy atom. The van der Waals surface area contributed by atoms with Crippen LogP contribution in [-0.2, 0) is 6.54 Å². The maximum absolute atomic E-state index is 11.0. The van der Waals surface area contributed by atoms with Gasteiger partial charge in [0.15, 0.2) is 5.69 Å². The van der Waals surface area contributed by atoms with Gasteiger partial charge in [-0.1, -0.05) is 5.92 Å². The van der Waals surface area contributed by atoms with E-state index in [4.69, 9.17) is 11.5 Å². The van der Waals surface area contributed by atoms with Crippen molar-refractivity contribution in [2.45, 2.75) is 6.54 Å². The molecule has 0 spiro atoms. The minimum atomic E-state index is -1.19. The van der Waals surface area contributed by atoms with Gasteiger partial charge < -0.3 is 5.11 Å². The summed E-state index contributed by atoms with van der Waals surface area (Å²) in [5.74, 6) is 1.01. The highest BCUT2D eigenvalue weighted by atomic mass is 16.4. The van der Waals surface area contributed by atoms with Crippen LogP contribution in [0.2, 0.25) is 0 Å². The standard InChI is InChI=1S/C8H6N2O3/c1-2-5-10-7(11)4-3-6(9-10)8(12)13/h1,3-4H,5H2,(H,12,13). The zero-order valence-corrected chi connectivity index (χ0v) is 6.60. The van der Waals surface area contributed by atoms with Crippen LogP contribution < -0.4 is 5.56 Å². The Morgan fingerprint density at radius 1 is 1.69 bits per heavy atom. The summed E-state index contributed by atoms with van der Waals surface area (Å²) in [4.78, 5) is 21.4. The van der Waals surface area contributed by atoms with Gasteiger partial charge in [-0.2, -0.15) is 5.10 Å². The van der Waals surface area contributed by atoms with Gasteiger partial charge >= 0.3 is 5.97 Å². The summed E-state index contributed by atoms with van der Waals surface area (Å²) in [5.41, 5.74) is -0.613. The maximum atomic E-state index is 11.0. The van der Waals surface area contributed by atoms with E-state index in [-0.39, 0.29) is 12.2 Å². The largest absolute Gasteiger partial charge is 0.476 e. The third-order valence-corrected chi connectivity index (χ3v) is 1.33. The Bertz CT molecular complexity index is 428. The minimum Gasteiger partial charge on any atom is -0.476 e. The molecule has 1 N–H and O–H groups in total. The third-order valence-electron chi connectivity index (χ3n) is 1.33. The van der Waals surface area contributed by atoms with Gasteiger partial charge in [-0.3, -0.25) is 4.79 Å². The van der Waals surface area contributed by atoms with E-state index in [0.29, 0.717) is 0 Å². The minimum absolute atomic E-state index is 0.0278. The number of terminal acetylenes is 1. The maximum Gasteiger partial charge on any atom is 0.356 e. The fraction of sp³-hybridized carbons (Fsp3) is 0.125. The Labute approximate surface area is 73.6 Å². The molecule has 1 aromatic rings. The van der Waals surface area contributed by atoms with E-state index in [1.165, 1.54) is 0 Å². The second kappa shape index (κ2) is 3.54. The van der Waals surface area contributed by atoms with Crippen LogP contribution in [0.3, 0.4) is 0 Å². The Hall–Kier alpha value is -2.09. The van der Waals surface area contributed by atoms with Crippen LogP contribution in [0.4, 0.5) is 0 Å². The van der Waals surface area contributed by atoms with Crippen molar-refractivity contribution >= 4 is 5.97 Å². The first-order chi connectivity index (χ1) is 6.15. The topological polar surface area (TPSA) is 72.2 Å². The molecule has 0 aliphatic heterocycles. The number of carboxylic acids is 1. The van der Waals surface area contributed by atoms with Gasteiger partial charge in [0.2, 0.25) is 0 Å². The molecule has 0 bridgehead atoms. The van der Waals surface area contributed by atoms with Gasteiger partial charge in [0, 0.05) is 6.07 Å². The number of carbonyl (C=O) groups is 1. The molecule has 1 heterocycles. The lowest BCUT2D eigenvalue weighted by atomic mass is 10.4. The second-order valence-corrected chi connectivity index (χ2v) is 2.22. The Balaban J connectivity index is 3.20. The first kappa shape index (κ1) is 9.00. The summed E-state index contributed by atoms with van der Waals surface area (Å²) < 4.78 is 0.920. The molecule has 5 heteroatoms. The molecule has 13 heavy (non-hydrogen) atoms. The zero-order chi connectivity index (χ0) is 9.84. The summed E-state index contributed by atoms with van der Waals surface area (Å²) >= 11 is 0. The lowest BCUT2D eigenvalue weighted by Gasteiger charge is -1.99. The van der Waals surface area contributed by atoms with Crippen LogP contribution in [0.15, 0.2) is 16.9 Å². The van der Waals surface area contributed by atoms with Crippen molar-refractivity contribution in [2.75, 3.05) is 0 Å². The molecule has 0 unspecified atom stereocenters. The number of carboxylic acid groups (broad SMARTS) is 1. The number of rotatable bonds is 2. The monoisotopic (exact) mass is 178 g/mol. The fourth-order valence-electron chi connectivity index (χ4n) is 0.763. The number of nitrogens with zero attached hydrogens (tertiary/aromatic N) is 2. The summed E-state index contributed by atoms with van der Waals surface area (Å²) in [5, 5.41) is 12.1. The number of hydrogen-bond acceptors (Lipinski definition) is 3. The molecule has 66 valence electrons. The van der Waals surface area contributed by atoms with E-state index in [1.54, 1.807) is 0 Å². The molecule has 1 aromatic heterocycles. The molecule has 0 aromatic carbocycles. The summed E-state index contributed by atoms with van der Waals surface area (Å²) in [6.07, 6.45) is 4.96. The molecule has 0 saturated heterocycles. The second-order valence-electron chi connectivity index (χ2n) is 2.22. The van der Waals surface area contributed by atoms with E-state index in [2.05, 4.69) is 11.0 Å². The Kier molecular flexibility index (Phi) is 2.45. The van der Waals surface area contributed by atoms with Gasteiger partial charge in [-0.15, -0.1) is 6.42 Å². The number of hydrogen-bond donors (Lipinski definition) is 1. The molecule has 0 fully saturated rings. The van der Waals surface area contributed by atoms with Gasteiger partial charge in [-0.05, 0) is 6.07 Å². The normalized spacial score (nSPS) is 9.15. The number of aromatic carboxylic acids is 1. The van der Waals surface area contributed by atoms with Gasteiger partial charge in [0.05, 0.1) is 0 Å². The molecule has 0 saturated carbocycles. The van der Waals surface area contributed by atoms with E-state index >= 15 is 0 Å². The number of aromatic nitrogens is 2. The molecule has 5 nitrogen and oxygen atoms in total. The average molecular weight is 178 g/mol. The van der Waals surface area contributed by atoms with E-state index in [9.17, 15) is 9.59 Å². The van der Waals surface area contributed by atoms with Crippen LogP contribution in [0.25, 0.3) is 0 Å². The molecular weight excluding hydrogens is 172 g/mol. The van der Waals surface area contributed by atoms with Crippen molar-refractivity contribution in [1.82, 2.24) is 9.78 Å². The fourth-order valence-corrected chi connectivity index (χ4v) is 0.763. The quantitative estimate of drug-likeness (QED) is 0.624. The van der Waals surface area contributed by atoms with Crippen LogP contribution in [0.5, 0.6) is 0 Å². The van der Waals surface area contributed by atoms with Gasteiger partial charge in [0.25, 0.3) is 5.56 Å². The third kappa shape index (κ3) is 1.93. The van der Waals surface area contributed by atoms with Crippen molar-refractivity contribution in [1.29, 1.82) is 0 Å². The zero-order valence-electron chi connectivity index (χ0n) is 6.60. The highest BCUT2D eigenvalue weighted by Gasteiger charge is 2.05. The summed E-state index contributed by atoms with van der Waals surface area (Å²) in [6.45, 7) is -0.0278. The van der Waals surface area contributed by atoms with Crippen molar-refractivity contribution in [3.63, 3.8) is 0 Å². The highest BCUT2D eigenvalue weighted by Crippen LogP contribution is 1.89. The summed E-state index contributed by atoms with van der Waals surface area (Å²) in [6, 6.07) is 2.26. The Morgan fingerprint density at radius 2 is 2.38 bits per heavy atom. The van der Waals surface area contributed by atoms with Crippen LogP contribution in [-0.4, -0.2) is 20.9 Å². The summed E-state index contributed by atoms with van der Waals surface area (Å²) in [7, 11) is 0. The molecular formula is C8H6N2O3. The van der Waals surface area contributed by atoms with Crippen molar-refractivity contribution in [3.05, 3.63) is 28.2 Å². The SMILES string of the molecule is C#CCn1nc(C(=O)O)ccc1=O. The molecule has 1 rings (SSSR count). The van der Waals surface area contributed by atoms with Crippen LogP contribution >= 0.6 is 0 Å². The highest BCUT2D eigenvalue weighted by molar-refractivity contribution is 5.84. The van der Waals surface area contributed by atoms with E-state index in [1.807, 2.05) is 0 Å². The first-order valence-corrected chi connectivity index (χ1v) is 3.40. The lowest BCUT2D eigenvalue weighted by molar-refractivity contribution is 0.0687. The van der Waals surface area contributed by atoms with Gasteiger partial charge in [0.1, 0.15) is 6.54 Å². The average Bonchev–Trinajstić information content (AvgIpc) is 2.08. The van der Waals surface area contributed by atoms with Crippen LogP contribution in [0.1, 0.15) is 10.5 Å². The lowest BCUT2D eigenvalue weighted by Crippen LogP contribution is -2.23. The van der Waals surface area contributed by atoms with E-state index in [0.717, 1.165) is 16.8 Å². The van der Waals surface area contributed by atoms with Crippen LogP contribution in [0, 0.1) is 12.3 Å². The van der Waals surface area contributed by atoms with E-state index < -0.39 is 11.5 Å². The van der Waals surface area contributed by atoms with Crippen molar-refractivity contribution in [2.24, 2.45) is 0 Å². The smallest absolute Gasteiger partial charge is 0.356 e. The first-order valence-electron chi connectivity index (χ1n) is 3.40. The molecule has 0 aliphatic carbocycles. The molecule has 0 atom stereocenters. The van der Waals surface area contributed by atoms with Gasteiger partial charge in [-0.25, -0.2) is 9.48 Å². The molecule has 0 radical (unpaired) electrons. The predicted molar refractivity (Wildman–Crippen MR) is 44.3 cm³/mol. The van der Waals surface area contributed by atoms with Crippen molar-refractivity contribution < 1.29 is 9.90 Å². The predicted octanol–water partition coefficient (Wildman–Crippen LogP) is -0.425. The van der Waals surface area contributed by atoms with Crippen molar-refractivity contribution in [3.8, 4) is 12.3 Å².